The summed E-state index contributed by atoms with van der Waals surface area (Å²) in [6, 6.07) is 6.34. The van der Waals surface area contributed by atoms with Gasteiger partial charge in [0.05, 0.1) is 10.9 Å². The van der Waals surface area contributed by atoms with Gasteiger partial charge in [-0.2, -0.15) is 0 Å². The predicted molar refractivity (Wildman–Crippen MR) is 107 cm³/mol. The minimum atomic E-state index is -0.208. The zero-order valence-corrected chi connectivity index (χ0v) is 14.3. The van der Waals surface area contributed by atoms with Crippen LogP contribution in [0.5, 0.6) is 0 Å². The van der Waals surface area contributed by atoms with Crippen molar-refractivity contribution < 1.29 is 0 Å². The maximum atomic E-state index is 4.01. The molecule has 1 aliphatic rings. The first-order valence-electron chi connectivity index (χ1n) is 7.70. The zero-order valence-electron chi connectivity index (χ0n) is 13.5. The van der Waals surface area contributed by atoms with E-state index in [1.165, 1.54) is 14.7 Å². The van der Waals surface area contributed by atoms with Crippen molar-refractivity contribution in [3.05, 3.63) is 102 Å². The summed E-state index contributed by atoms with van der Waals surface area (Å²) >= 11 is 0. The molecule has 0 amide bonds. The maximum absolute atomic E-state index is 4.01. The van der Waals surface area contributed by atoms with Crippen molar-refractivity contribution in [3.8, 4) is 0 Å². The molecular formula is C22H23S+. The molecule has 0 nitrogen and oxygen atoms in total. The third kappa shape index (κ3) is 3.75. The van der Waals surface area contributed by atoms with Crippen molar-refractivity contribution in [3.63, 3.8) is 0 Å². The summed E-state index contributed by atoms with van der Waals surface area (Å²) in [5, 5.41) is 0. The van der Waals surface area contributed by atoms with Crippen LogP contribution in [-0.4, -0.2) is 0 Å². The van der Waals surface area contributed by atoms with E-state index in [-0.39, 0.29) is 10.9 Å². The number of hydrogen-bond acceptors (Lipinski definition) is 0. The van der Waals surface area contributed by atoms with Gasteiger partial charge >= 0.3 is 0 Å². The van der Waals surface area contributed by atoms with Crippen LogP contribution in [0.2, 0.25) is 0 Å². The summed E-state index contributed by atoms with van der Waals surface area (Å²) in [7, 11) is -0.208. The van der Waals surface area contributed by atoms with Gasteiger partial charge in [-0.25, -0.2) is 0 Å². The van der Waals surface area contributed by atoms with Crippen molar-refractivity contribution in [2.24, 2.45) is 0 Å². The van der Waals surface area contributed by atoms with Gasteiger partial charge in [0.25, 0.3) is 0 Å². The topological polar surface area (TPSA) is 0 Å². The number of rotatable bonds is 7. The molecule has 1 heteroatoms. The standard InChI is InChI=1S/C22H23S/c1-5-13-19(7-3)23(20-15-10-9-11-16-20)22-17-12-14-18(6-2)21(22)8-4/h5-8,10,12-17H,1-4,9,11H2/q+1/b19-13+. The van der Waals surface area contributed by atoms with Crippen LogP contribution in [0.3, 0.4) is 0 Å². The van der Waals surface area contributed by atoms with Gasteiger partial charge in [-0.05, 0) is 48.8 Å². The molecule has 116 valence electrons. The highest BCUT2D eigenvalue weighted by Crippen LogP contribution is 2.36. The van der Waals surface area contributed by atoms with E-state index in [2.05, 4.69) is 62.7 Å². The third-order valence-corrected chi connectivity index (χ3v) is 6.00. The quantitative estimate of drug-likeness (QED) is 0.401. The Bertz CT molecular complexity index is 713. The molecule has 0 fully saturated rings. The van der Waals surface area contributed by atoms with Gasteiger partial charge in [0.2, 0.25) is 0 Å². The molecule has 0 aliphatic heterocycles. The van der Waals surface area contributed by atoms with E-state index in [1.807, 2.05) is 30.4 Å². The first-order valence-corrected chi connectivity index (χ1v) is 8.93. The number of hydrogen-bond donors (Lipinski definition) is 0. The highest BCUT2D eigenvalue weighted by Gasteiger charge is 2.33. The Balaban J connectivity index is 2.69. The molecule has 1 unspecified atom stereocenters. The Labute approximate surface area is 143 Å². The molecule has 0 saturated carbocycles. The fraction of sp³-hybridized carbons (Fsp3) is 0.0909. The lowest BCUT2D eigenvalue weighted by Gasteiger charge is -2.14. The Morgan fingerprint density at radius 3 is 2.43 bits per heavy atom. The molecule has 1 aromatic rings. The van der Waals surface area contributed by atoms with E-state index >= 15 is 0 Å². The fourth-order valence-corrected chi connectivity index (χ4v) is 4.93. The predicted octanol–water partition coefficient (Wildman–Crippen LogP) is 6.44. The molecule has 0 N–H and O–H groups in total. The van der Waals surface area contributed by atoms with Crippen molar-refractivity contribution in [2.75, 3.05) is 0 Å². The van der Waals surface area contributed by atoms with Crippen LogP contribution in [0.15, 0.2) is 95.7 Å². The molecule has 23 heavy (non-hydrogen) atoms. The van der Waals surface area contributed by atoms with Crippen LogP contribution < -0.4 is 0 Å². The molecule has 1 aromatic carbocycles. The maximum Gasteiger partial charge on any atom is 0.174 e. The highest BCUT2D eigenvalue weighted by molar-refractivity contribution is 8.04. The van der Waals surface area contributed by atoms with Gasteiger partial charge < -0.3 is 0 Å². The first-order chi connectivity index (χ1) is 11.3. The average Bonchev–Trinajstić information content (AvgIpc) is 2.61. The molecule has 1 atom stereocenters. The zero-order chi connectivity index (χ0) is 16.7. The van der Waals surface area contributed by atoms with E-state index in [1.54, 1.807) is 0 Å². The Morgan fingerprint density at radius 2 is 1.87 bits per heavy atom. The van der Waals surface area contributed by atoms with Crippen LogP contribution >= 0.6 is 0 Å². The minimum absolute atomic E-state index is 0.208. The van der Waals surface area contributed by atoms with E-state index < -0.39 is 0 Å². The molecule has 1 aliphatic carbocycles. The lowest BCUT2D eigenvalue weighted by Crippen LogP contribution is -2.10. The van der Waals surface area contributed by atoms with Crippen LogP contribution in [0.1, 0.15) is 24.0 Å². The van der Waals surface area contributed by atoms with E-state index in [0.29, 0.717) is 0 Å². The second-order valence-corrected chi connectivity index (χ2v) is 7.06. The monoisotopic (exact) mass is 319 g/mol. The Morgan fingerprint density at radius 1 is 1.04 bits per heavy atom. The van der Waals surface area contributed by atoms with Crippen molar-refractivity contribution in [1.29, 1.82) is 0 Å². The lowest BCUT2D eigenvalue weighted by molar-refractivity contribution is 1.03. The van der Waals surface area contributed by atoms with Gasteiger partial charge in [0.15, 0.2) is 14.7 Å². The summed E-state index contributed by atoms with van der Waals surface area (Å²) in [5.74, 6) is 0. The number of allylic oxidation sites excluding steroid dienone is 6. The Hall–Kier alpha value is -2.25. The molecule has 0 aromatic heterocycles. The molecule has 0 spiro atoms. The normalized spacial score (nSPS) is 15.5. The molecule has 0 heterocycles. The second-order valence-electron chi connectivity index (χ2n) is 5.07. The van der Waals surface area contributed by atoms with E-state index in [0.717, 1.165) is 24.0 Å². The van der Waals surface area contributed by atoms with Gasteiger partial charge in [0.1, 0.15) is 0 Å². The van der Waals surface area contributed by atoms with Crippen molar-refractivity contribution in [2.45, 2.75) is 17.7 Å². The molecular weight excluding hydrogens is 296 g/mol. The van der Waals surface area contributed by atoms with Gasteiger partial charge in [-0.3, -0.25) is 0 Å². The smallest absolute Gasteiger partial charge is 0.0989 e. The van der Waals surface area contributed by atoms with Crippen LogP contribution in [0.4, 0.5) is 0 Å². The van der Waals surface area contributed by atoms with Gasteiger partial charge in [-0.15, -0.1) is 0 Å². The highest BCUT2D eigenvalue weighted by atomic mass is 32.2. The third-order valence-electron chi connectivity index (χ3n) is 3.66. The largest absolute Gasteiger partial charge is 0.174 e. The second kappa shape index (κ2) is 8.40. The van der Waals surface area contributed by atoms with Crippen LogP contribution in [0, 0.1) is 0 Å². The summed E-state index contributed by atoms with van der Waals surface area (Å²) in [6.45, 7) is 15.8. The lowest BCUT2D eigenvalue weighted by atomic mass is 10.1. The Kier molecular flexibility index (Phi) is 6.25. The van der Waals surface area contributed by atoms with E-state index in [9.17, 15) is 0 Å². The molecule has 0 saturated heterocycles. The molecule has 2 rings (SSSR count). The SMILES string of the molecule is C=C/C=C(\C=C)[S+](C1=CCCC=C1)c1cccc(C=C)c1C=C. The summed E-state index contributed by atoms with van der Waals surface area (Å²) in [5.41, 5.74) is 2.25. The summed E-state index contributed by atoms with van der Waals surface area (Å²) in [6.07, 6.45) is 18.6. The van der Waals surface area contributed by atoms with Crippen LogP contribution in [-0.2, 0) is 10.9 Å². The average molecular weight is 319 g/mol. The van der Waals surface area contributed by atoms with Crippen molar-refractivity contribution >= 4 is 23.0 Å². The minimum Gasteiger partial charge on any atom is -0.0989 e. The van der Waals surface area contributed by atoms with Crippen molar-refractivity contribution in [1.82, 2.24) is 0 Å². The molecule has 0 radical (unpaired) electrons. The molecule has 0 bridgehead atoms. The van der Waals surface area contributed by atoms with Gasteiger partial charge in [-0.1, -0.05) is 62.8 Å². The first kappa shape index (κ1) is 17.1. The van der Waals surface area contributed by atoms with Crippen LogP contribution in [0.25, 0.3) is 12.2 Å². The van der Waals surface area contributed by atoms with E-state index in [4.69, 9.17) is 0 Å². The fourth-order valence-electron chi connectivity index (χ4n) is 2.60. The number of benzene rings is 1. The van der Waals surface area contributed by atoms with Gasteiger partial charge in [0, 0.05) is 5.56 Å². The summed E-state index contributed by atoms with van der Waals surface area (Å²) in [4.78, 5) is 3.75. The summed E-state index contributed by atoms with van der Waals surface area (Å²) < 4.78 is 0.